The van der Waals surface area contributed by atoms with E-state index in [4.69, 9.17) is 4.74 Å². The molecule has 1 amide bonds. The maximum atomic E-state index is 11.8. The van der Waals surface area contributed by atoms with E-state index in [2.05, 4.69) is 25.2 Å². The second-order valence-corrected chi connectivity index (χ2v) is 7.23. The van der Waals surface area contributed by atoms with E-state index < -0.39 is 0 Å². The van der Waals surface area contributed by atoms with Crippen molar-refractivity contribution in [2.45, 2.75) is 26.5 Å². The summed E-state index contributed by atoms with van der Waals surface area (Å²) < 4.78 is 5.91. The summed E-state index contributed by atoms with van der Waals surface area (Å²) in [6, 6.07) is 7.21. The molecule has 0 bridgehead atoms. The van der Waals surface area contributed by atoms with Gasteiger partial charge in [0.25, 0.3) is 11.5 Å². The van der Waals surface area contributed by atoms with E-state index in [0.717, 1.165) is 36.2 Å². The summed E-state index contributed by atoms with van der Waals surface area (Å²) >= 11 is 0. The number of hydrogen-bond acceptors (Lipinski definition) is 6. The number of ether oxygens (including phenoxy) is 1. The Morgan fingerprint density at radius 1 is 1.28 bits per heavy atom. The molecular weight excluding hydrogens is 370 g/mol. The minimum Gasteiger partial charge on any atom is -0.486 e. The zero-order valence-corrected chi connectivity index (χ0v) is 16.4. The van der Waals surface area contributed by atoms with Gasteiger partial charge in [-0.05, 0) is 43.7 Å². The maximum Gasteiger partial charge on any atom is 0.269 e. The monoisotopic (exact) mass is 393 g/mol. The van der Waals surface area contributed by atoms with Crippen molar-refractivity contribution in [2.24, 2.45) is 0 Å². The highest BCUT2D eigenvalue weighted by molar-refractivity contribution is 5.92. The number of aryl methyl sites for hydroxylation is 1. The van der Waals surface area contributed by atoms with Gasteiger partial charge in [0.1, 0.15) is 17.5 Å². The smallest absolute Gasteiger partial charge is 0.269 e. The predicted molar refractivity (Wildman–Crippen MR) is 109 cm³/mol. The van der Waals surface area contributed by atoms with Crippen molar-refractivity contribution in [3.05, 3.63) is 63.8 Å². The Morgan fingerprint density at radius 3 is 2.83 bits per heavy atom. The zero-order valence-electron chi connectivity index (χ0n) is 16.4. The lowest BCUT2D eigenvalue weighted by atomic mass is 10.1. The molecule has 3 aromatic rings. The number of nitrogens with zero attached hydrogens (tertiary/aromatic N) is 3. The lowest BCUT2D eigenvalue weighted by Gasteiger charge is -2.38. The maximum absolute atomic E-state index is 11.8. The van der Waals surface area contributed by atoms with E-state index >= 15 is 0 Å². The number of rotatable bonds is 6. The average Bonchev–Trinajstić information content (AvgIpc) is 2.68. The van der Waals surface area contributed by atoms with Gasteiger partial charge < -0.3 is 15.0 Å². The quantitative estimate of drug-likeness (QED) is 0.660. The second-order valence-electron chi connectivity index (χ2n) is 7.23. The minimum atomic E-state index is -0.186. The standard InChI is InChI=1S/C21H23N5O3/c1-3-22-21(28)17-5-4-15(9-24-17)29-16-11-26(12-16)10-14-7-19-18(23-8-14)6-13(2)20(27)25-19/h4-9,16H,3,10-12H2,1-2H3,(H,22,28)(H,25,27). The Kier molecular flexibility index (Phi) is 5.26. The Bertz CT molecular complexity index is 1090. The molecular formula is C21H23N5O3. The highest BCUT2D eigenvalue weighted by Crippen LogP contribution is 2.20. The van der Waals surface area contributed by atoms with Gasteiger partial charge in [-0.3, -0.25) is 19.5 Å². The van der Waals surface area contributed by atoms with Gasteiger partial charge in [0.2, 0.25) is 0 Å². The number of nitrogens with one attached hydrogen (secondary N) is 2. The van der Waals surface area contributed by atoms with Crippen LogP contribution in [0.3, 0.4) is 0 Å². The van der Waals surface area contributed by atoms with Gasteiger partial charge in [-0.1, -0.05) is 0 Å². The van der Waals surface area contributed by atoms with Crippen molar-refractivity contribution >= 4 is 16.9 Å². The molecule has 2 N–H and O–H groups in total. The first-order chi connectivity index (χ1) is 14.0. The summed E-state index contributed by atoms with van der Waals surface area (Å²) in [6.07, 6.45) is 3.51. The molecule has 0 saturated carbocycles. The van der Waals surface area contributed by atoms with Gasteiger partial charge in [-0.2, -0.15) is 0 Å². The molecule has 0 spiro atoms. The number of hydrogen-bond donors (Lipinski definition) is 2. The molecule has 3 aromatic heterocycles. The van der Waals surface area contributed by atoms with E-state index in [9.17, 15) is 9.59 Å². The minimum absolute atomic E-state index is 0.0827. The molecule has 150 valence electrons. The highest BCUT2D eigenvalue weighted by Gasteiger charge is 2.28. The first-order valence-corrected chi connectivity index (χ1v) is 9.63. The van der Waals surface area contributed by atoms with Crippen LogP contribution in [-0.4, -0.2) is 51.5 Å². The second kappa shape index (κ2) is 8.00. The van der Waals surface area contributed by atoms with E-state index in [1.54, 1.807) is 31.3 Å². The number of carbonyl (C=O) groups is 1. The normalized spacial score (nSPS) is 14.6. The molecule has 0 atom stereocenters. The molecule has 8 nitrogen and oxygen atoms in total. The van der Waals surface area contributed by atoms with Gasteiger partial charge in [0.05, 0.1) is 17.2 Å². The molecule has 1 aliphatic rings. The lowest BCUT2D eigenvalue weighted by molar-refractivity contribution is 0.0143. The first-order valence-electron chi connectivity index (χ1n) is 9.63. The third kappa shape index (κ3) is 4.27. The van der Waals surface area contributed by atoms with Crippen molar-refractivity contribution in [2.75, 3.05) is 19.6 Å². The van der Waals surface area contributed by atoms with E-state index in [0.29, 0.717) is 23.6 Å². The third-order valence-corrected chi connectivity index (χ3v) is 4.87. The summed E-state index contributed by atoms with van der Waals surface area (Å²) in [7, 11) is 0. The van der Waals surface area contributed by atoms with Crippen LogP contribution in [0, 0.1) is 6.92 Å². The molecule has 4 rings (SSSR count). The number of amides is 1. The van der Waals surface area contributed by atoms with Crippen molar-refractivity contribution in [1.29, 1.82) is 0 Å². The fourth-order valence-corrected chi connectivity index (χ4v) is 3.32. The van der Waals surface area contributed by atoms with Crippen LogP contribution in [-0.2, 0) is 6.54 Å². The van der Waals surface area contributed by atoms with Crippen molar-refractivity contribution in [3.8, 4) is 5.75 Å². The van der Waals surface area contributed by atoms with Gasteiger partial charge in [0.15, 0.2) is 0 Å². The largest absolute Gasteiger partial charge is 0.486 e. The van der Waals surface area contributed by atoms with Gasteiger partial charge in [0, 0.05) is 37.9 Å². The zero-order chi connectivity index (χ0) is 20.4. The number of aromatic amines is 1. The molecule has 29 heavy (non-hydrogen) atoms. The summed E-state index contributed by atoms with van der Waals surface area (Å²) in [4.78, 5) is 37.3. The number of H-pyrrole nitrogens is 1. The van der Waals surface area contributed by atoms with Crippen LogP contribution in [0.5, 0.6) is 5.75 Å². The average molecular weight is 393 g/mol. The van der Waals surface area contributed by atoms with Crippen molar-refractivity contribution in [1.82, 2.24) is 25.2 Å². The molecule has 0 radical (unpaired) electrons. The van der Waals surface area contributed by atoms with Crippen molar-refractivity contribution in [3.63, 3.8) is 0 Å². The van der Waals surface area contributed by atoms with Crippen LogP contribution in [0.2, 0.25) is 0 Å². The fourth-order valence-electron chi connectivity index (χ4n) is 3.32. The molecule has 1 fully saturated rings. The first kappa shape index (κ1) is 19.1. The Labute approximate surface area is 167 Å². The number of carbonyl (C=O) groups excluding carboxylic acids is 1. The van der Waals surface area contributed by atoms with E-state index in [-0.39, 0.29) is 17.6 Å². The summed E-state index contributed by atoms with van der Waals surface area (Å²) in [5.74, 6) is 0.470. The Hall–Kier alpha value is -3.26. The van der Waals surface area contributed by atoms with Crippen LogP contribution in [0.4, 0.5) is 0 Å². The van der Waals surface area contributed by atoms with Crippen molar-refractivity contribution < 1.29 is 9.53 Å². The van der Waals surface area contributed by atoms with Crippen LogP contribution in [0.15, 0.2) is 41.5 Å². The van der Waals surface area contributed by atoms with Gasteiger partial charge >= 0.3 is 0 Å². The van der Waals surface area contributed by atoms with E-state index in [1.165, 1.54) is 0 Å². The molecule has 0 aliphatic carbocycles. The molecule has 1 aliphatic heterocycles. The fraction of sp³-hybridized carbons (Fsp3) is 0.333. The van der Waals surface area contributed by atoms with E-state index in [1.807, 2.05) is 19.2 Å². The third-order valence-electron chi connectivity index (χ3n) is 4.87. The summed E-state index contributed by atoms with van der Waals surface area (Å²) in [5.41, 5.74) is 3.55. The highest BCUT2D eigenvalue weighted by atomic mass is 16.5. The lowest BCUT2D eigenvalue weighted by Crippen LogP contribution is -2.53. The van der Waals surface area contributed by atoms with Gasteiger partial charge in [-0.15, -0.1) is 0 Å². The van der Waals surface area contributed by atoms with Crippen LogP contribution in [0.25, 0.3) is 11.0 Å². The predicted octanol–water partition coefficient (Wildman–Crippen LogP) is 1.64. The van der Waals surface area contributed by atoms with Crippen LogP contribution in [0.1, 0.15) is 28.5 Å². The number of pyridine rings is 3. The number of aromatic nitrogens is 3. The van der Waals surface area contributed by atoms with Crippen LogP contribution < -0.4 is 15.6 Å². The summed E-state index contributed by atoms with van der Waals surface area (Å²) in [6.45, 7) is 6.54. The Balaban J connectivity index is 1.31. The Morgan fingerprint density at radius 2 is 2.10 bits per heavy atom. The summed E-state index contributed by atoms with van der Waals surface area (Å²) in [5, 5.41) is 2.72. The SMILES string of the molecule is CCNC(=O)c1ccc(OC2CN(Cc3cnc4cc(C)c(=O)[nH]c4c3)C2)cn1. The topological polar surface area (TPSA) is 100 Å². The molecule has 8 heteroatoms. The molecule has 0 aromatic carbocycles. The number of fused-ring (bicyclic) bond motifs is 1. The van der Waals surface area contributed by atoms with Gasteiger partial charge in [-0.25, -0.2) is 4.98 Å². The van der Waals surface area contributed by atoms with Crippen LogP contribution >= 0.6 is 0 Å². The number of likely N-dealkylation sites (tertiary alicyclic amines) is 1. The molecule has 0 unspecified atom stereocenters. The molecule has 1 saturated heterocycles. The molecule has 4 heterocycles.